The minimum Gasteiger partial charge on any atom is -0.340 e. The number of nitrogens with zero attached hydrogens (tertiary/aromatic N) is 1. The smallest absolute Gasteiger partial charge is 0.252 e. The first kappa shape index (κ1) is 18.6. The van der Waals surface area contributed by atoms with E-state index >= 15 is 0 Å². The highest BCUT2D eigenvalue weighted by Gasteiger charge is 2.25. The fraction of sp³-hybridized carbons (Fsp3) is 0.227. The lowest BCUT2D eigenvalue weighted by molar-refractivity contribution is -0.118. The molecule has 5 heteroatoms. The Labute approximate surface area is 158 Å². The molecular weight excluding hydrogens is 338 g/mol. The molecule has 2 N–H and O–H groups in total. The molecule has 27 heavy (non-hydrogen) atoms. The van der Waals surface area contributed by atoms with Crippen molar-refractivity contribution in [1.82, 2.24) is 10.3 Å². The molecule has 0 bridgehead atoms. The van der Waals surface area contributed by atoms with Gasteiger partial charge < -0.3 is 10.6 Å². The zero-order chi connectivity index (χ0) is 19.4. The van der Waals surface area contributed by atoms with Crippen LogP contribution in [0.1, 0.15) is 29.8 Å². The molecule has 0 radical (unpaired) electrons. The fourth-order valence-corrected chi connectivity index (χ4v) is 2.94. The number of pyridine rings is 1. The Morgan fingerprint density at radius 2 is 1.70 bits per heavy atom. The van der Waals surface area contributed by atoms with Gasteiger partial charge in [0.25, 0.3) is 5.91 Å². The van der Waals surface area contributed by atoms with Crippen LogP contribution in [0.2, 0.25) is 0 Å². The number of aromatic nitrogens is 1. The summed E-state index contributed by atoms with van der Waals surface area (Å²) in [5, 5.41) is 6.67. The van der Waals surface area contributed by atoms with Crippen LogP contribution in [0, 0.1) is 12.8 Å². The Kier molecular flexibility index (Phi) is 5.50. The first-order chi connectivity index (χ1) is 13.0. The molecule has 2 amide bonds. The summed E-state index contributed by atoms with van der Waals surface area (Å²) < 4.78 is 0. The highest BCUT2D eigenvalue weighted by atomic mass is 16.2. The Morgan fingerprint density at radius 1 is 1.00 bits per heavy atom. The van der Waals surface area contributed by atoms with Crippen molar-refractivity contribution in [1.29, 1.82) is 0 Å². The van der Waals surface area contributed by atoms with Crippen LogP contribution in [0.3, 0.4) is 0 Å². The summed E-state index contributed by atoms with van der Waals surface area (Å²) in [6, 6.07) is 16.3. The van der Waals surface area contributed by atoms with Gasteiger partial charge in [0.05, 0.1) is 17.4 Å². The topological polar surface area (TPSA) is 71.1 Å². The van der Waals surface area contributed by atoms with E-state index in [1.54, 1.807) is 12.3 Å². The number of aryl methyl sites for hydroxylation is 1. The van der Waals surface area contributed by atoms with Gasteiger partial charge >= 0.3 is 0 Å². The van der Waals surface area contributed by atoms with Crippen LogP contribution in [0.4, 0.5) is 5.69 Å². The van der Waals surface area contributed by atoms with Crippen molar-refractivity contribution in [2.45, 2.75) is 26.8 Å². The molecule has 0 aliphatic rings. The summed E-state index contributed by atoms with van der Waals surface area (Å²) in [5.74, 6) is -0.575. The van der Waals surface area contributed by atoms with E-state index in [0.29, 0.717) is 11.3 Å². The zero-order valence-electron chi connectivity index (χ0n) is 15.7. The van der Waals surface area contributed by atoms with Gasteiger partial charge in [-0.25, -0.2) is 0 Å². The van der Waals surface area contributed by atoms with E-state index in [9.17, 15) is 9.59 Å². The number of carbonyl (C=O) groups excluding carboxylic acids is 2. The predicted molar refractivity (Wildman–Crippen MR) is 108 cm³/mol. The third-order valence-electron chi connectivity index (χ3n) is 4.48. The molecule has 3 rings (SSSR count). The summed E-state index contributed by atoms with van der Waals surface area (Å²) in [7, 11) is 0. The molecule has 0 aliphatic carbocycles. The van der Waals surface area contributed by atoms with Gasteiger partial charge in [0, 0.05) is 10.9 Å². The van der Waals surface area contributed by atoms with E-state index in [-0.39, 0.29) is 17.7 Å². The second-order valence-electron chi connectivity index (χ2n) is 6.92. The molecular formula is C22H23N3O2. The average molecular weight is 361 g/mol. The minimum atomic E-state index is -0.649. The molecule has 3 aromatic rings. The summed E-state index contributed by atoms with van der Waals surface area (Å²) in [5.41, 5.74) is 2.92. The fourth-order valence-electron chi connectivity index (χ4n) is 2.94. The molecule has 0 saturated carbocycles. The second-order valence-corrected chi connectivity index (χ2v) is 6.92. The standard InChI is InChI=1S/C22H23N3O2/c1-14(2)20(25-21(26)18-10-6-4-8-15(18)3)22(27)24-17-12-16-9-5-7-11-19(16)23-13-17/h4-14,20H,1-3H3,(H,24,27)(H,25,26)/t20-/m0/s1. The highest BCUT2D eigenvalue weighted by Crippen LogP contribution is 2.17. The van der Waals surface area contributed by atoms with Gasteiger partial charge in [-0.15, -0.1) is 0 Å². The largest absolute Gasteiger partial charge is 0.340 e. The van der Waals surface area contributed by atoms with Crippen molar-refractivity contribution in [3.05, 3.63) is 71.9 Å². The van der Waals surface area contributed by atoms with Gasteiger partial charge in [0.1, 0.15) is 6.04 Å². The van der Waals surface area contributed by atoms with Gasteiger partial charge in [0.2, 0.25) is 5.91 Å². The number of hydrogen-bond donors (Lipinski definition) is 2. The Morgan fingerprint density at radius 3 is 2.44 bits per heavy atom. The van der Waals surface area contributed by atoms with Crippen LogP contribution in [0.15, 0.2) is 60.8 Å². The van der Waals surface area contributed by atoms with E-state index in [4.69, 9.17) is 0 Å². The third-order valence-corrected chi connectivity index (χ3v) is 4.48. The van der Waals surface area contributed by atoms with Gasteiger partial charge in [-0.3, -0.25) is 14.6 Å². The molecule has 0 fully saturated rings. The van der Waals surface area contributed by atoms with Gasteiger partial charge in [0.15, 0.2) is 0 Å². The molecule has 2 aromatic carbocycles. The van der Waals surface area contributed by atoms with E-state index in [1.807, 2.05) is 69.3 Å². The quantitative estimate of drug-likeness (QED) is 0.723. The summed E-state index contributed by atoms with van der Waals surface area (Å²) in [4.78, 5) is 29.8. The van der Waals surface area contributed by atoms with E-state index < -0.39 is 6.04 Å². The molecule has 1 atom stereocenters. The van der Waals surface area contributed by atoms with Crippen LogP contribution in [0.25, 0.3) is 10.9 Å². The average Bonchev–Trinajstić information content (AvgIpc) is 2.65. The Bertz CT molecular complexity index is 982. The number of amides is 2. The summed E-state index contributed by atoms with van der Waals surface area (Å²) in [6.07, 6.45) is 1.63. The van der Waals surface area contributed by atoms with Gasteiger partial charge in [-0.2, -0.15) is 0 Å². The van der Waals surface area contributed by atoms with Crippen LogP contribution in [0.5, 0.6) is 0 Å². The van der Waals surface area contributed by atoms with E-state index in [2.05, 4.69) is 15.6 Å². The maximum absolute atomic E-state index is 12.8. The van der Waals surface area contributed by atoms with Crippen molar-refractivity contribution in [2.75, 3.05) is 5.32 Å². The first-order valence-electron chi connectivity index (χ1n) is 8.98. The summed E-state index contributed by atoms with van der Waals surface area (Å²) >= 11 is 0. The molecule has 1 aromatic heterocycles. The molecule has 1 heterocycles. The molecule has 0 saturated heterocycles. The number of benzene rings is 2. The molecule has 5 nitrogen and oxygen atoms in total. The maximum atomic E-state index is 12.8. The molecule has 138 valence electrons. The SMILES string of the molecule is Cc1ccccc1C(=O)N[C@H](C(=O)Nc1cnc2ccccc2c1)C(C)C. The van der Waals surface area contributed by atoms with Crippen molar-refractivity contribution in [3.63, 3.8) is 0 Å². The lowest BCUT2D eigenvalue weighted by Crippen LogP contribution is -2.47. The van der Waals surface area contributed by atoms with Crippen LogP contribution in [-0.2, 0) is 4.79 Å². The molecule has 0 aliphatic heterocycles. The number of carbonyl (C=O) groups is 2. The predicted octanol–water partition coefficient (Wildman–Crippen LogP) is 3.94. The number of para-hydroxylation sites is 1. The minimum absolute atomic E-state index is 0.0635. The summed E-state index contributed by atoms with van der Waals surface area (Å²) in [6.45, 7) is 5.68. The highest BCUT2D eigenvalue weighted by molar-refractivity contribution is 6.02. The monoisotopic (exact) mass is 361 g/mol. The Hall–Kier alpha value is -3.21. The normalized spacial score (nSPS) is 12.0. The number of rotatable bonds is 5. The maximum Gasteiger partial charge on any atom is 0.252 e. The lowest BCUT2D eigenvalue weighted by atomic mass is 10.0. The van der Waals surface area contributed by atoms with Crippen molar-refractivity contribution >= 4 is 28.4 Å². The van der Waals surface area contributed by atoms with Crippen molar-refractivity contribution in [2.24, 2.45) is 5.92 Å². The molecule has 0 unspecified atom stereocenters. The number of anilines is 1. The van der Waals surface area contributed by atoms with Gasteiger partial charge in [-0.1, -0.05) is 50.2 Å². The molecule has 0 spiro atoms. The third kappa shape index (κ3) is 4.31. The lowest BCUT2D eigenvalue weighted by Gasteiger charge is -2.22. The van der Waals surface area contributed by atoms with E-state index in [1.165, 1.54) is 0 Å². The van der Waals surface area contributed by atoms with Crippen LogP contribution in [-0.4, -0.2) is 22.8 Å². The Balaban J connectivity index is 1.76. The van der Waals surface area contributed by atoms with Crippen LogP contribution >= 0.6 is 0 Å². The van der Waals surface area contributed by atoms with Crippen LogP contribution < -0.4 is 10.6 Å². The van der Waals surface area contributed by atoms with Crippen molar-refractivity contribution < 1.29 is 9.59 Å². The van der Waals surface area contributed by atoms with E-state index in [0.717, 1.165) is 16.5 Å². The van der Waals surface area contributed by atoms with Gasteiger partial charge in [-0.05, 0) is 36.6 Å². The number of nitrogens with one attached hydrogen (secondary N) is 2. The zero-order valence-corrected chi connectivity index (χ0v) is 15.7. The second kappa shape index (κ2) is 7.99. The number of hydrogen-bond acceptors (Lipinski definition) is 3. The number of fused-ring (bicyclic) bond motifs is 1. The van der Waals surface area contributed by atoms with Crippen molar-refractivity contribution in [3.8, 4) is 0 Å². The first-order valence-corrected chi connectivity index (χ1v) is 8.98.